The monoisotopic (exact) mass is 385 g/mol. The van der Waals surface area contributed by atoms with E-state index in [2.05, 4.69) is 9.97 Å². The number of halogens is 1. The molecule has 2 aromatic rings. The second-order valence-corrected chi connectivity index (χ2v) is 7.56. The molecule has 4 rings (SSSR count). The van der Waals surface area contributed by atoms with Crippen molar-refractivity contribution in [1.29, 1.82) is 0 Å². The lowest BCUT2D eigenvalue weighted by atomic mass is 9.73. The summed E-state index contributed by atoms with van der Waals surface area (Å²) < 4.78 is 25.5. The summed E-state index contributed by atoms with van der Waals surface area (Å²) in [7, 11) is 0. The number of aromatic nitrogens is 2. The molecule has 2 aliphatic heterocycles. The van der Waals surface area contributed by atoms with E-state index in [0.29, 0.717) is 31.9 Å². The van der Waals surface area contributed by atoms with Crippen LogP contribution in [0, 0.1) is 11.4 Å². The molecule has 2 aliphatic rings. The van der Waals surface area contributed by atoms with Crippen LogP contribution in [0.1, 0.15) is 35.2 Å². The SMILES string of the molecule is O=C(c1ccnc(F)c1)N1CC[C@H]2OCCC[C@]2(COCc2ccncc2)C1. The van der Waals surface area contributed by atoms with Crippen molar-refractivity contribution in [2.24, 2.45) is 5.41 Å². The van der Waals surface area contributed by atoms with Crippen LogP contribution < -0.4 is 0 Å². The Hall–Kier alpha value is -2.38. The van der Waals surface area contributed by atoms with Crippen molar-refractivity contribution < 1.29 is 18.7 Å². The first-order chi connectivity index (χ1) is 13.7. The quantitative estimate of drug-likeness (QED) is 0.741. The van der Waals surface area contributed by atoms with E-state index >= 15 is 0 Å². The Labute approximate surface area is 163 Å². The normalized spacial score (nSPS) is 24.6. The predicted molar refractivity (Wildman–Crippen MR) is 100 cm³/mol. The van der Waals surface area contributed by atoms with Gasteiger partial charge in [-0.2, -0.15) is 4.39 Å². The number of rotatable bonds is 5. The smallest absolute Gasteiger partial charge is 0.254 e. The van der Waals surface area contributed by atoms with Crippen molar-refractivity contribution in [3.8, 4) is 0 Å². The topological polar surface area (TPSA) is 64.6 Å². The van der Waals surface area contributed by atoms with E-state index in [1.54, 1.807) is 23.4 Å². The Kier molecular flexibility index (Phi) is 5.64. The number of fused-ring (bicyclic) bond motifs is 1. The minimum atomic E-state index is -0.642. The summed E-state index contributed by atoms with van der Waals surface area (Å²) >= 11 is 0. The van der Waals surface area contributed by atoms with Crippen molar-refractivity contribution in [3.05, 3.63) is 59.9 Å². The zero-order valence-electron chi connectivity index (χ0n) is 15.7. The molecule has 0 radical (unpaired) electrons. The van der Waals surface area contributed by atoms with Crippen LogP contribution in [0.15, 0.2) is 42.9 Å². The molecule has 0 saturated carbocycles. The number of pyridine rings is 2. The van der Waals surface area contributed by atoms with Crippen molar-refractivity contribution in [2.75, 3.05) is 26.3 Å². The molecule has 2 atom stereocenters. The number of ether oxygens (including phenoxy) is 2. The molecule has 2 fully saturated rings. The van der Waals surface area contributed by atoms with Gasteiger partial charge in [0.15, 0.2) is 0 Å². The molecule has 1 amide bonds. The second-order valence-electron chi connectivity index (χ2n) is 7.56. The van der Waals surface area contributed by atoms with Gasteiger partial charge in [-0.15, -0.1) is 0 Å². The van der Waals surface area contributed by atoms with Crippen LogP contribution in [-0.4, -0.2) is 53.2 Å². The fourth-order valence-electron chi connectivity index (χ4n) is 4.24. The maximum absolute atomic E-state index is 13.4. The van der Waals surface area contributed by atoms with E-state index in [-0.39, 0.29) is 17.4 Å². The van der Waals surface area contributed by atoms with Gasteiger partial charge in [-0.05, 0) is 43.0 Å². The van der Waals surface area contributed by atoms with Gasteiger partial charge in [0.25, 0.3) is 5.91 Å². The first kappa shape index (κ1) is 19.0. The lowest BCUT2D eigenvalue weighted by Gasteiger charge is -2.50. The van der Waals surface area contributed by atoms with Gasteiger partial charge in [0.2, 0.25) is 5.95 Å². The predicted octanol–water partition coefficient (Wildman–Crippen LogP) is 2.84. The molecule has 0 unspecified atom stereocenters. The number of hydrogen-bond donors (Lipinski definition) is 0. The lowest BCUT2D eigenvalue weighted by Crippen LogP contribution is -2.58. The maximum Gasteiger partial charge on any atom is 0.254 e. The van der Waals surface area contributed by atoms with Gasteiger partial charge in [0.1, 0.15) is 0 Å². The highest BCUT2D eigenvalue weighted by Gasteiger charge is 2.47. The summed E-state index contributed by atoms with van der Waals surface area (Å²) in [5.74, 6) is -0.809. The fourth-order valence-corrected chi connectivity index (χ4v) is 4.24. The molecule has 4 heterocycles. The summed E-state index contributed by atoms with van der Waals surface area (Å²) in [6.45, 7) is 2.92. The summed E-state index contributed by atoms with van der Waals surface area (Å²) in [5, 5.41) is 0. The highest BCUT2D eigenvalue weighted by atomic mass is 19.1. The van der Waals surface area contributed by atoms with Crippen LogP contribution in [0.3, 0.4) is 0 Å². The Morgan fingerprint density at radius 1 is 1.32 bits per heavy atom. The van der Waals surface area contributed by atoms with E-state index in [1.165, 1.54) is 12.3 Å². The van der Waals surface area contributed by atoms with E-state index in [0.717, 1.165) is 31.4 Å². The maximum atomic E-state index is 13.4. The van der Waals surface area contributed by atoms with Crippen LogP contribution in [0.4, 0.5) is 4.39 Å². The van der Waals surface area contributed by atoms with E-state index in [1.807, 2.05) is 12.1 Å². The van der Waals surface area contributed by atoms with Crippen molar-refractivity contribution in [1.82, 2.24) is 14.9 Å². The minimum Gasteiger partial charge on any atom is -0.377 e. The third-order valence-corrected chi connectivity index (χ3v) is 5.66. The van der Waals surface area contributed by atoms with Gasteiger partial charge >= 0.3 is 0 Å². The molecule has 2 saturated heterocycles. The number of carbonyl (C=O) groups is 1. The van der Waals surface area contributed by atoms with Gasteiger partial charge < -0.3 is 14.4 Å². The molecule has 28 heavy (non-hydrogen) atoms. The van der Waals surface area contributed by atoms with Crippen molar-refractivity contribution in [3.63, 3.8) is 0 Å². The average Bonchev–Trinajstić information content (AvgIpc) is 2.73. The third-order valence-electron chi connectivity index (χ3n) is 5.66. The number of amides is 1. The van der Waals surface area contributed by atoms with Crippen LogP contribution in [-0.2, 0) is 16.1 Å². The standard InChI is InChI=1S/C21H24FN3O3/c22-19-12-17(4-9-24-19)20(26)25-10-5-18-21(14-25,6-1-11-28-18)15-27-13-16-2-7-23-8-3-16/h2-4,7-9,12,18H,1,5-6,10-11,13-15H2/t18-,21-/m1/s1. The van der Waals surface area contributed by atoms with Crippen LogP contribution in [0.2, 0.25) is 0 Å². The summed E-state index contributed by atoms with van der Waals surface area (Å²) in [6.07, 6.45) is 7.56. The first-order valence-corrected chi connectivity index (χ1v) is 9.65. The number of piperidine rings is 1. The zero-order chi connectivity index (χ0) is 19.4. The highest BCUT2D eigenvalue weighted by Crippen LogP contribution is 2.41. The van der Waals surface area contributed by atoms with Crippen LogP contribution >= 0.6 is 0 Å². The molecule has 0 aliphatic carbocycles. The number of nitrogens with zero attached hydrogens (tertiary/aromatic N) is 3. The number of likely N-dealkylation sites (tertiary alicyclic amines) is 1. The summed E-state index contributed by atoms with van der Waals surface area (Å²) in [6, 6.07) is 6.61. The molecular formula is C21H24FN3O3. The highest BCUT2D eigenvalue weighted by molar-refractivity contribution is 5.94. The van der Waals surface area contributed by atoms with Crippen LogP contribution in [0.25, 0.3) is 0 Å². The van der Waals surface area contributed by atoms with Gasteiger partial charge in [0, 0.05) is 55.3 Å². The molecule has 7 heteroatoms. The summed E-state index contributed by atoms with van der Waals surface area (Å²) in [4.78, 5) is 22.3. The summed E-state index contributed by atoms with van der Waals surface area (Å²) in [5.41, 5.74) is 1.16. The second kappa shape index (κ2) is 8.32. The number of hydrogen-bond acceptors (Lipinski definition) is 5. The number of carbonyl (C=O) groups excluding carboxylic acids is 1. The van der Waals surface area contributed by atoms with E-state index < -0.39 is 5.95 Å². The first-order valence-electron chi connectivity index (χ1n) is 9.65. The third kappa shape index (κ3) is 4.05. The van der Waals surface area contributed by atoms with Crippen molar-refractivity contribution in [2.45, 2.75) is 32.0 Å². The Morgan fingerprint density at radius 3 is 3.00 bits per heavy atom. The van der Waals surface area contributed by atoms with Crippen LogP contribution in [0.5, 0.6) is 0 Å². The minimum absolute atomic E-state index is 0.0805. The Morgan fingerprint density at radius 2 is 2.18 bits per heavy atom. The van der Waals surface area contributed by atoms with Gasteiger partial charge in [0.05, 0.1) is 19.3 Å². The molecular weight excluding hydrogens is 361 g/mol. The Balaban J connectivity index is 1.47. The fraction of sp³-hybridized carbons (Fsp3) is 0.476. The van der Waals surface area contributed by atoms with Gasteiger partial charge in [-0.25, -0.2) is 4.98 Å². The largest absolute Gasteiger partial charge is 0.377 e. The molecule has 0 N–H and O–H groups in total. The van der Waals surface area contributed by atoms with Gasteiger partial charge in [-0.3, -0.25) is 9.78 Å². The molecule has 0 spiro atoms. The van der Waals surface area contributed by atoms with Gasteiger partial charge in [-0.1, -0.05) is 0 Å². The molecule has 0 aromatic carbocycles. The Bertz CT molecular complexity index is 820. The zero-order valence-corrected chi connectivity index (χ0v) is 15.7. The molecule has 6 nitrogen and oxygen atoms in total. The van der Waals surface area contributed by atoms with E-state index in [4.69, 9.17) is 9.47 Å². The molecule has 148 valence electrons. The average molecular weight is 385 g/mol. The van der Waals surface area contributed by atoms with E-state index in [9.17, 15) is 9.18 Å². The molecule has 2 aromatic heterocycles. The lowest BCUT2D eigenvalue weighted by molar-refractivity contribution is -0.148. The van der Waals surface area contributed by atoms with Crippen molar-refractivity contribution >= 4 is 5.91 Å². The molecule has 0 bridgehead atoms.